The van der Waals surface area contributed by atoms with E-state index in [2.05, 4.69) is 0 Å². The number of allylic oxidation sites excluding steroid dienone is 10. The highest BCUT2D eigenvalue weighted by molar-refractivity contribution is 6.06. The van der Waals surface area contributed by atoms with Crippen molar-refractivity contribution in [2.24, 2.45) is 5.92 Å². The predicted molar refractivity (Wildman–Crippen MR) is 132 cm³/mol. The summed E-state index contributed by atoms with van der Waals surface area (Å²) in [5.41, 5.74) is -3.54. The van der Waals surface area contributed by atoms with E-state index >= 15 is 0 Å². The van der Waals surface area contributed by atoms with E-state index in [-0.39, 0.29) is 51.0 Å². The molecule has 0 aromatic heterocycles. The van der Waals surface area contributed by atoms with Gasteiger partial charge in [0.05, 0.1) is 33.9 Å². The molecule has 0 aliphatic heterocycles. The van der Waals surface area contributed by atoms with Gasteiger partial charge in [0.25, 0.3) is 0 Å². The summed E-state index contributed by atoms with van der Waals surface area (Å²) in [5, 5.41) is 30.0. The lowest BCUT2D eigenvalue weighted by Crippen LogP contribution is -2.14. The fraction of sp³-hybridized carbons (Fsp3) is 0.167. The Labute approximate surface area is 232 Å². The second-order valence-corrected chi connectivity index (χ2v) is 9.13. The van der Waals surface area contributed by atoms with Gasteiger partial charge in [0.1, 0.15) is 12.1 Å². The monoisotopic (exact) mass is 587 g/mol. The molecule has 2 aromatic carbocycles. The van der Waals surface area contributed by atoms with Crippen molar-refractivity contribution in [1.82, 2.24) is 0 Å². The van der Waals surface area contributed by atoms with Crippen LogP contribution < -0.4 is 0 Å². The third kappa shape index (κ3) is 5.87. The van der Waals surface area contributed by atoms with E-state index < -0.39 is 41.1 Å². The fourth-order valence-electron chi connectivity index (χ4n) is 4.51. The molecular formula is C30H14F9N3. The zero-order valence-electron chi connectivity index (χ0n) is 20.9. The standard InChI is InChI=1S/C30H14F9N3/c31-28(32,33)19-7-1-16(2-8-19)22(13-40)25-26(23(14-41)17-3-9-20(10-4-17)29(34,35)36)27(25)24(15-42)18-5-11-21(12-6-18)30(37,38)39/h1-5,7-12,18H,6H2/b25-22-,26-23+,27-24?. The van der Waals surface area contributed by atoms with E-state index in [1.54, 1.807) is 0 Å². The van der Waals surface area contributed by atoms with Gasteiger partial charge in [0.15, 0.2) is 0 Å². The first-order valence-corrected chi connectivity index (χ1v) is 11.9. The normalized spacial score (nSPS) is 20.5. The molecule has 42 heavy (non-hydrogen) atoms. The number of nitrogens with zero attached hydrogens (tertiary/aromatic N) is 3. The van der Waals surface area contributed by atoms with E-state index in [1.807, 2.05) is 18.2 Å². The zero-order valence-corrected chi connectivity index (χ0v) is 20.9. The van der Waals surface area contributed by atoms with Gasteiger partial charge in [-0.05, 0) is 41.8 Å². The molecule has 0 spiro atoms. The number of nitriles is 3. The number of benzene rings is 2. The molecule has 3 nitrogen and oxygen atoms in total. The van der Waals surface area contributed by atoms with Crippen LogP contribution >= 0.6 is 0 Å². The number of alkyl halides is 9. The topological polar surface area (TPSA) is 71.4 Å². The van der Waals surface area contributed by atoms with Gasteiger partial charge < -0.3 is 0 Å². The molecule has 1 saturated carbocycles. The first-order valence-electron chi connectivity index (χ1n) is 11.9. The lowest BCUT2D eigenvalue weighted by Gasteiger charge is -2.17. The lowest BCUT2D eigenvalue weighted by atomic mass is 9.89. The Morgan fingerprint density at radius 3 is 1.31 bits per heavy atom. The summed E-state index contributed by atoms with van der Waals surface area (Å²) < 4.78 is 118. The second-order valence-electron chi connectivity index (χ2n) is 9.13. The molecule has 0 saturated heterocycles. The van der Waals surface area contributed by atoms with E-state index in [1.165, 1.54) is 0 Å². The van der Waals surface area contributed by atoms with Crippen molar-refractivity contribution in [3.63, 3.8) is 0 Å². The number of rotatable bonds is 3. The molecule has 1 fully saturated rings. The van der Waals surface area contributed by atoms with Crippen LogP contribution in [0.15, 0.2) is 94.6 Å². The number of halogens is 9. The lowest BCUT2D eigenvalue weighted by molar-refractivity contribution is -0.138. The molecular weight excluding hydrogens is 573 g/mol. The van der Waals surface area contributed by atoms with E-state index in [0.717, 1.165) is 66.8 Å². The minimum atomic E-state index is -4.67. The Bertz CT molecular complexity index is 1610. The van der Waals surface area contributed by atoms with Crippen molar-refractivity contribution >= 4 is 11.1 Å². The molecule has 1 atom stereocenters. The zero-order chi connectivity index (χ0) is 31.0. The number of hydrogen-bond acceptors (Lipinski definition) is 3. The maximum Gasteiger partial charge on any atom is 0.416 e. The van der Waals surface area contributed by atoms with E-state index in [0.29, 0.717) is 0 Å². The third-order valence-corrected chi connectivity index (χ3v) is 6.60. The van der Waals surface area contributed by atoms with Crippen molar-refractivity contribution in [1.29, 1.82) is 15.8 Å². The second kappa shape index (κ2) is 10.8. The van der Waals surface area contributed by atoms with Gasteiger partial charge in [-0.2, -0.15) is 55.3 Å². The molecule has 0 N–H and O–H groups in total. The van der Waals surface area contributed by atoms with Crippen LogP contribution in [0.1, 0.15) is 28.7 Å². The quantitative estimate of drug-likeness (QED) is 0.266. The van der Waals surface area contributed by atoms with Crippen molar-refractivity contribution in [3.8, 4) is 18.2 Å². The molecule has 2 aliphatic rings. The van der Waals surface area contributed by atoms with Gasteiger partial charge in [-0.1, -0.05) is 42.5 Å². The Morgan fingerprint density at radius 1 is 0.595 bits per heavy atom. The first kappa shape index (κ1) is 30.0. The summed E-state index contributed by atoms with van der Waals surface area (Å²) in [5.74, 6) is -0.913. The molecule has 212 valence electrons. The summed E-state index contributed by atoms with van der Waals surface area (Å²) in [6.07, 6.45) is -11.4. The van der Waals surface area contributed by atoms with E-state index in [4.69, 9.17) is 0 Å². The first-order chi connectivity index (χ1) is 19.6. The van der Waals surface area contributed by atoms with Gasteiger partial charge in [0, 0.05) is 28.2 Å². The van der Waals surface area contributed by atoms with Crippen molar-refractivity contribution in [2.75, 3.05) is 0 Å². The highest BCUT2D eigenvalue weighted by Gasteiger charge is 2.43. The average molecular weight is 587 g/mol. The van der Waals surface area contributed by atoms with Crippen LogP contribution in [0.2, 0.25) is 0 Å². The Kier molecular flexibility index (Phi) is 7.67. The van der Waals surface area contributed by atoms with Gasteiger partial charge in [-0.3, -0.25) is 0 Å². The molecule has 4 rings (SSSR count). The largest absolute Gasteiger partial charge is 0.416 e. The van der Waals surface area contributed by atoms with Gasteiger partial charge in [0.2, 0.25) is 0 Å². The molecule has 0 radical (unpaired) electrons. The maximum absolute atomic E-state index is 13.1. The minimum absolute atomic E-state index is 0.00608. The highest BCUT2D eigenvalue weighted by Crippen LogP contribution is 2.56. The van der Waals surface area contributed by atoms with Gasteiger partial charge in [-0.25, -0.2) is 0 Å². The van der Waals surface area contributed by atoms with Crippen LogP contribution in [0.5, 0.6) is 0 Å². The molecule has 1 unspecified atom stereocenters. The summed E-state index contributed by atoms with van der Waals surface area (Å²) in [6, 6.07) is 12.5. The predicted octanol–water partition coefficient (Wildman–Crippen LogP) is 8.88. The summed E-state index contributed by atoms with van der Waals surface area (Å²) in [4.78, 5) is 0. The SMILES string of the molecule is N#CC(=C1C(=C(/C#N)c2ccc(C(F)(F)F)cc2)/C1=C(/C#N)c1ccc(C(F)(F)F)cc1)C1C=CC(C(F)(F)F)=CC1. The number of hydrogen-bond donors (Lipinski definition) is 0. The molecule has 12 heteroatoms. The van der Waals surface area contributed by atoms with Crippen LogP contribution in [0, 0.1) is 39.9 Å². The maximum atomic E-state index is 13.1. The van der Waals surface area contributed by atoms with Crippen LogP contribution in [-0.4, -0.2) is 6.18 Å². The smallest absolute Gasteiger partial charge is 0.193 e. The highest BCUT2D eigenvalue weighted by atomic mass is 19.4. The van der Waals surface area contributed by atoms with Gasteiger partial charge in [-0.15, -0.1) is 0 Å². The molecule has 0 heterocycles. The summed E-state index contributed by atoms with van der Waals surface area (Å²) in [7, 11) is 0. The molecule has 2 aromatic rings. The summed E-state index contributed by atoms with van der Waals surface area (Å²) >= 11 is 0. The van der Waals surface area contributed by atoms with Gasteiger partial charge >= 0.3 is 18.5 Å². The average Bonchev–Trinajstić information content (AvgIpc) is 3.63. The van der Waals surface area contributed by atoms with Crippen molar-refractivity contribution in [2.45, 2.75) is 24.9 Å². The molecule has 0 amide bonds. The Morgan fingerprint density at radius 2 is 1.02 bits per heavy atom. The van der Waals surface area contributed by atoms with Crippen molar-refractivity contribution < 1.29 is 39.5 Å². The van der Waals surface area contributed by atoms with E-state index in [9.17, 15) is 55.3 Å². The summed E-state index contributed by atoms with van der Waals surface area (Å²) in [6.45, 7) is 0. The van der Waals surface area contributed by atoms with Crippen LogP contribution in [0.4, 0.5) is 39.5 Å². The molecule has 2 aliphatic carbocycles. The van der Waals surface area contributed by atoms with Crippen LogP contribution in [0.25, 0.3) is 11.1 Å². The minimum Gasteiger partial charge on any atom is -0.193 e. The van der Waals surface area contributed by atoms with Crippen molar-refractivity contribution in [3.05, 3.63) is 117 Å². The van der Waals surface area contributed by atoms with Crippen LogP contribution in [-0.2, 0) is 12.4 Å². The fourth-order valence-corrected chi connectivity index (χ4v) is 4.51. The molecule has 0 bridgehead atoms. The Hall–Kier alpha value is -5.02. The Balaban J connectivity index is 1.94. The van der Waals surface area contributed by atoms with Crippen LogP contribution in [0.3, 0.4) is 0 Å². The third-order valence-electron chi connectivity index (χ3n) is 6.60.